The standard InChI is InChI=1S/C30H36N4O/c35-30(32-29-14-7-6-13-28(29)25-10-2-1-3-11-25)31-27-16-21-33(22-17-27)18-8-19-34-20-15-24-9-4-5-12-26(24)23-34/h1-7,9-14,27H,8,15-23H2,(H2,31,32,35). The Kier molecular flexibility index (Phi) is 7.76. The fraction of sp³-hybridized carbons (Fsp3) is 0.367. The fourth-order valence-corrected chi connectivity index (χ4v) is 5.37. The molecule has 5 heteroatoms. The van der Waals surface area contributed by atoms with Gasteiger partial charge in [0.15, 0.2) is 0 Å². The lowest BCUT2D eigenvalue weighted by Gasteiger charge is -2.33. The van der Waals surface area contributed by atoms with Crippen LogP contribution in [0.15, 0.2) is 78.9 Å². The number of anilines is 1. The molecule has 182 valence electrons. The summed E-state index contributed by atoms with van der Waals surface area (Å²) in [4.78, 5) is 17.9. The average Bonchev–Trinajstić information content (AvgIpc) is 2.90. The van der Waals surface area contributed by atoms with Crippen molar-refractivity contribution in [3.8, 4) is 11.1 Å². The first-order chi connectivity index (χ1) is 17.2. The number of carbonyl (C=O) groups is 1. The number of hydrogen-bond donors (Lipinski definition) is 2. The van der Waals surface area contributed by atoms with E-state index in [1.807, 2.05) is 42.5 Å². The normalized spacial score (nSPS) is 17.0. The van der Waals surface area contributed by atoms with Gasteiger partial charge in [-0.1, -0.05) is 72.8 Å². The molecule has 0 atom stereocenters. The molecule has 0 bridgehead atoms. The van der Waals surface area contributed by atoms with Gasteiger partial charge >= 0.3 is 6.03 Å². The molecule has 1 fully saturated rings. The second kappa shape index (κ2) is 11.5. The van der Waals surface area contributed by atoms with Gasteiger partial charge in [-0.15, -0.1) is 0 Å². The summed E-state index contributed by atoms with van der Waals surface area (Å²) in [5.74, 6) is 0. The third kappa shape index (κ3) is 6.30. The SMILES string of the molecule is O=C(Nc1ccccc1-c1ccccc1)NC1CCN(CCCN2CCc3ccccc3C2)CC1. The number of likely N-dealkylation sites (tertiary alicyclic amines) is 1. The van der Waals surface area contributed by atoms with E-state index in [9.17, 15) is 4.79 Å². The highest BCUT2D eigenvalue weighted by Gasteiger charge is 2.21. The van der Waals surface area contributed by atoms with E-state index in [0.29, 0.717) is 0 Å². The van der Waals surface area contributed by atoms with Crippen molar-refractivity contribution in [1.29, 1.82) is 0 Å². The van der Waals surface area contributed by atoms with Gasteiger partial charge in [-0.2, -0.15) is 0 Å². The van der Waals surface area contributed by atoms with Crippen LogP contribution in [0.1, 0.15) is 30.4 Å². The molecule has 5 nitrogen and oxygen atoms in total. The lowest BCUT2D eigenvalue weighted by atomic mass is 10.00. The van der Waals surface area contributed by atoms with E-state index >= 15 is 0 Å². The maximum atomic E-state index is 12.7. The number of para-hydroxylation sites is 1. The van der Waals surface area contributed by atoms with Gasteiger partial charge in [0, 0.05) is 37.8 Å². The number of nitrogens with one attached hydrogen (secondary N) is 2. The molecule has 2 N–H and O–H groups in total. The second-order valence-corrected chi connectivity index (χ2v) is 9.77. The molecule has 5 rings (SSSR count). The highest BCUT2D eigenvalue weighted by Crippen LogP contribution is 2.27. The predicted octanol–water partition coefficient (Wildman–Crippen LogP) is 5.39. The van der Waals surface area contributed by atoms with Crippen molar-refractivity contribution in [2.45, 2.75) is 38.3 Å². The Morgan fingerprint density at radius 1 is 0.771 bits per heavy atom. The Morgan fingerprint density at radius 3 is 2.29 bits per heavy atom. The maximum Gasteiger partial charge on any atom is 0.319 e. The van der Waals surface area contributed by atoms with Crippen molar-refractivity contribution >= 4 is 11.7 Å². The van der Waals surface area contributed by atoms with Crippen molar-refractivity contribution in [2.24, 2.45) is 0 Å². The first-order valence-corrected chi connectivity index (χ1v) is 13.0. The number of piperidine rings is 1. The predicted molar refractivity (Wildman–Crippen MR) is 144 cm³/mol. The van der Waals surface area contributed by atoms with Crippen molar-refractivity contribution < 1.29 is 4.79 Å². The molecule has 2 amide bonds. The van der Waals surface area contributed by atoms with Crippen molar-refractivity contribution in [2.75, 3.05) is 38.0 Å². The number of nitrogens with zero attached hydrogens (tertiary/aromatic N) is 2. The third-order valence-corrected chi connectivity index (χ3v) is 7.34. The first kappa shape index (κ1) is 23.6. The molecular weight excluding hydrogens is 432 g/mol. The largest absolute Gasteiger partial charge is 0.335 e. The van der Waals surface area contributed by atoms with E-state index in [1.165, 1.54) is 30.5 Å². The van der Waals surface area contributed by atoms with E-state index in [2.05, 4.69) is 56.8 Å². The summed E-state index contributed by atoms with van der Waals surface area (Å²) in [6.07, 6.45) is 4.39. The van der Waals surface area contributed by atoms with Crippen LogP contribution in [0.4, 0.5) is 10.5 Å². The Hall–Kier alpha value is -3.15. The molecule has 0 aliphatic carbocycles. The highest BCUT2D eigenvalue weighted by atomic mass is 16.2. The summed E-state index contributed by atoms with van der Waals surface area (Å²) in [6.45, 7) is 6.66. The van der Waals surface area contributed by atoms with Crippen molar-refractivity contribution in [3.63, 3.8) is 0 Å². The molecule has 0 radical (unpaired) electrons. The molecule has 3 aromatic carbocycles. The monoisotopic (exact) mass is 468 g/mol. The summed E-state index contributed by atoms with van der Waals surface area (Å²) in [5.41, 5.74) is 6.00. The van der Waals surface area contributed by atoms with Crippen LogP contribution in [0.3, 0.4) is 0 Å². The van der Waals surface area contributed by atoms with Gasteiger partial charge in [-0.25, -0.2) is 4.79 Å². The van der Waals surface area contributed by atoms with Crippen LogP contribution >= 0.6 is 0 Å². The molecule has 0 saturated carbocycles. The Labute approximate surface area is 209 Å². The van der Waals surface area contributed by atoms with Gasteiger partial charge in [0.25, 0.3) is 0 Å². The summed E-state index contributed by atoms with van der Waals surface area (Å²) in [5, 5.41) is 6.27. The highest BCUT2D eigenvalue weighted by molar-refractivity contribution is 5.94. The van der Waals surface area contributed by atoms with Crippen LogP contribution in [0.2, 0.25) is 0 Å². The minimum absolute atomic E-state index is 0.114. The number of urea groups is 1. The zero-order chi connectivity index (χ0) is 23.9. The molecule has 3 aromatic rings. The average molecular weight is 469 g/mol. The van der Waals surface area contributed by atoms with E-state index in [-0.39, 0.29) is 12.1 Å². The van der Waals surface area contributed by atoms with Crippen molar-refractivity contribution in [3.05, 3.63) is 90.0 Å². The van der Waals surface area contributed by atoms with Crippen LogP contribution in [0, 0.1) is 0 Å². The molecule has 2 aliphatic heterocycles. The minimum atomic E-state index is -0.114. The second-order valence-electron chi connectivity index (χ2n) is 9.77. The van der Waals surface area contributed by atoms with Gasteiger partial charge in [-0.05, 0) is 61.5 Å². The van der Waals surface area contributed by atoms with Crippen LogP contribution in [0.25, 0.3) is 11.1 Å². The fourth-order valence-electron chi connectivity index (χ4n) is 5.37. The summed E-state index contributed by atoms with van der Waals surface area (Å²) in [6, 6.07) is 27.1. The molecule has 35 heavy (non-hydrogen) atoms. The van der Waals surface area contributed by atoms with E-state index in [4.69, 9.17) is 0 Å². The zero-order valence-corrected chi connectivity index (χ0v) is 20.5. The Bertz CT molecular complexity index is 1110. The molecular formula is C30H36N4O. The lowest BCUT2D eigenvalue weighted by molar-refractivity contribution is 0.178. The van der Waals surface area contributed by atoms with Crippen LogP contribution < -0.4 is 10.6 Å². The zero-order valence-electron chi connectivity index (χ0n) is 20.5. The van der Waals surface area contributed by atoms with Crippen molar-refractivity contribution in [1.82, 2.24) is 15.1 Å². The van der Waals surface area contributed by atoms with Gasteiger partial charge < -0.3 is 15.5 Å². The Balaban J connectivity index is 1.03. The number of carbonyl (C=O) groups excluding carboxylic acids is 1. The number of amides is 2. The summed E-state index contributed by atoms with van der Waals surface area (Å²) in [7, 11) is 0. The van der Waals surface area contributed by atoms with Gasteiger partial charge in [0.1, 0.15) is 0 Å². The molecule has 1 saturated heterocycles. The van der Waals surface area contributed by atoms with Crippen LogP contribution in [0.5, 0.6) is 0 Å². The lowest BCUT2D eigenvalue weighted by Crippen LogP contribution is -2.46. The first-order valence-electron chi connectivity index (χ1n) is 13.0. The van der Waals surface area contributed by atoms with Crippen LogP contribution in [-0.2, 0) is 13.0 Å². The van der Waals surface area contributed by atoms with Crippen LogP contribution in [-0.4, -0.2) is 54.6 Å². The summed E-state index contributed by atoms with van der Waals surface area (Å²) >= 11 is 0. The van der Waals surface area contributed by atoms with E-state index in [0.717, 1.165) is 62.4 Å². The van der Waals surface area contributed by atoms with E-state index < -0.39 is 0 Å². The molecule has 2 heterocycles. The number of fused-ring (bicyclic) bond motifs is 1. The molecule has 0 aromatic heterocycles. The minimum Gasteiger partial charge on any atom is -0.335 e. The smallest absolute Gasteiger partial charge is 0.319 e. The molecule has 0 unspecified atom stereocenters. The summed E-state index contributed by atoms with van der Waals surface area (Å²) < 4.78 is 0. The van der Waals surface area contributed by atoms with Gasteiger partial charge in [0.2, 0.25) is 0 Å². The maximum absolute atomic E-state index is 12.7. The van der Waals surface area contributed by atoms with E-state index in [1.54, 1.807) is 0 Å². The Morgan fingerprint density at radius 2 is 1.46 bits per heavy atom. The third-order valence-electron chi connectivity index (χ3n) is 7.34. The number of rotatable bonds is 7. The number of benzene rings is 3. The molecule has 2 aliphatic rings. The quantitative estimate of drug-likeness (QED) is 0.489. The van der Waals surface area contributed by atoms with Gasteiger partial charge in [0.05, 0.1) is 5.69 Å². The topological polar surface area (TPSA) is 47.6 Å². The van der Waals surface area contributed by atoms with Gasteiger partial charge in [-0.3, -0.25) is 4.90 Å². The number of hydrogen-bond acceptors (Lipinski definition) is 3. The molecule has 0 spiro atoms.